The summed E-state index contributed by atoms with van der Waals surface area (Å²) in [5.74, 6) is -0.176. The van der Waals surface area contributed by atoms with Gasteiger partial charge in [0.15, 0.2) is 0 Å². The molecular formula is C25H29N3O3S. The molecule has 168 valence electrons. The quantitative estimate of drug-likeness (QED) is 0.532. The van der Waals surface area contributed by atoms with Crippen molar-refractivity contribution >= 4 is 27.3 Å². The van der Waals surface area contributed by atoms with E-state index in [2.05, 4.69) is 23.6 Å². The molecular weight excluding hydrogens is 422 g/mol. The van der Waals surface area contributed by atoms with Crippen molar-refractivity contribution in [2.24, 2.45) is 0 Å². The van der Waals surface area contributed by atoms with Gasteiger partial charge in [-0.05, 0) is 67.8 Å². The van der Waals surface area contributed by atoms with E-state index in [9.17, 15) is 13.2 Å². The fourth-order valence-corrected chi connectivity index (χ4v) is 4.54. The van der Waals surface area contributed by atoms with Gasteiger partial charge in [-0.15, -0.1) is 0 Å². The van der Waals surface area contributed by atoms with Crippen LogP contribution in [0.15, 0.2) is 77.7 Å². The van der Waals surface area contributed by atoms with Crippen LogP contribution in [0.25, 0.3) is 0 Å². The molecule has 6 nitrogen and oxygen atoms in total. The average molecular weight is 452 g/mol. The molecule has 0 radical (unpaired) electrons. The van der Waals surface area contributed by atoms with Gasteiger partial charge in [0.25, 0.3) is 10.0 Å². The average Bonchev–Trinajstić information content (AvgIpc) is 2.79. The Labute approximate surface area is 190 Å². The van der Waals surface area contributed by atoms with Crippen LogP contribution >= 0.6 is 0 Å². The molecule has 3 aromatic carbocycles. The molecule has 0 heterocycles. The zero-order chi connectivity index (χ0) is 23.3. The predicted octanol–water partition coefficient (Wildman–Crippen LogP) is 4.42. The maximum Gasteiger partial charge on any atom is 0.264 e. The number of amides is 1. The lowest BCUT2D eigenvalue weighted by molar-refractivity contribution is -0.120. The first-order valence-electron chi connectivity index (χ1n) is 10.4. The predicted molar refractivity (Wildman–Crippen MR) is 129 cm³/mol. The highest BCUT2D eigenvalue weighted by Gasteiger charge is 2.21. The monoisotopic (exact) mass is 451 g/mol. The van der Waals surface area contributed by atoms with Gasteiger partial charge in [0.2, 0.25) is 5.91 Å². The minimum atomic E-state index is -3.72. The van der Waals surface area contributed by atoms with Gasteiger partial charge in [-0.25, -0.2) is 8.42 Å². The first-order chi connectivity index (χ1) is 15.2. The maximum atomic E-state index is 13.0. The molecule has 7 heteroatoms. The summed E-state index contributed by atoms with van der Waals surface area (Å²) in [6.07, 6.45) is 0. The highest BCUT2D eigenvalue weighted by atomic mass is 32.2. The summed E-state index contributed by atoms with van der Waals surface area (Å²) in [6.45, 7) is 6.07. The van der Waals surface area contributed by atoms with Gasteiger partial charge in [0.05, 0.1) is 23.2 Å². The number of hydrogen-bond acceptors (Lipinski definition) is 4. The molecule has 32 heavy (non-hydrogen) atoms. The number of rotatable bonds is 8. The van der Waals surface area contributed by atoms with Crippen molar-refractivity contribution in [3.8, 4) is 0 Å². The van der Waals surface area contributed by atoms with Crippen molar-refractivity contribution in [2.45, 2.75) is 31.7 Å². The van der Waals surface area contributed by atoms with Crippen molar-refractivity contribution in [3.05, 3.63) is 89.5 Å². The smallest absolute Gasteiger partial charge is 0.264 e. The molecule has 0 spiro atoms. The summed E-state index contributed by atoms with van der Waals surface area (Å²) in [7, 11) is -2.20. The molecule has 0 aliphatic heterocycles. The SMILES string of the molecule is Cc1ccc(C(C)NC(=O)CNc2cccc(S(=O)(=O)N(C)c3ccccc3)c2)cc1C. The van der Waals surface area contributed by atoms with Gasteiger partial charge >= 0.3 is 0 Å². The largest absolute Gasteiger partial charge is 0.376 e. The number of nitrogens with zero attached hydrogens (tertiary/aromatic N) is 1. The Kier molecular flexibility index (Phi) is 7.20. The van der Waals surface area contributed by atoms with Crippen LogP contribution in [0.4, 0.5) is 11.4 Å². The van der Waals surface area contributed by atoms with Crippen LogP contribution in [0.3, 0.4) is 0 Å². The van der Waals surface area contributed by atoms with Gasteiger partial charge in [-0.2, -0.15) is 0 Å². The third-order valence-electron chi connectivity index (χ3n) is 5.47. The molecule has 0 bridgehead atoms. The van der Waals surface area contributed by atoms with E-state index in [4.69, 9.17) is 0 Å². The summed E-state index contributed by atoms with van der Waals surface area (Å²) in [6, 6.07) is 21.4. The van der Waals surface area contributed by atoms with E-state index in [-0.39, 0.29) is 23.4 Å². The van der Waals surface area contributed by atoms with Crippen molar-refractivity contribution in [1.29, 1.82) is 0 Å². The van der Waals surface area contributed by atoms with E-state index in [1.807, 2.05) is 32.0 Å². The zero-order valence-electron chi connectivity index (χ0n) is 18.8. The first kappa shape index (κ1) is 23.3. The maximum absolute atomic E-state index is 13.0. The molecule has 1 amide bonds. The lowest BCUT2D eigenvalue weighted by Gasteiger charge is -2.20. The third-order valence-corrected chi connectivity index (χ3v) is 7.26. The Morgan fingerprint density at radius 2 is 1.66 bits per heavy atom. The molecule has 0 aliphatic rings. The van der Waals surface area contributed by atoms with Gasteiger partial charge in [0, 0.05) is 12.7 Å². The number of anilines is 2. The molecule has 0 saturated carbocycles. The molecule has 3 aromatic rings. The highest BCUT2D eigenvalue weighted by Crippen LogP contribution is 2.23. The normalized spacial score (nSPS) is 12.1. The van der Waals surface area contributed by atoms with E-state index < -0.39 is 10.0 Å². The Morgan fingerprint density at radius 3 is 2.34 bits per heavy atom. The van der Waals surface area contributed by atoms with Gasteiger partial charge in [-0.1, -0.05) is 42.5 Å². The number of sulfonamides is 1. The molecule has 0 aromatic heterocycles. The van der Waals surface area contributed by atoms with Crippen LogP contribution in [-0.2, 0) is 14.8 Å². The van der Waals surface area contributed by atoms with Crippen LogP contribution in [0.2, 0.25) is 0 Å². The number of benzene rings is 3. The standard InChI is InChI=1S/C25H29N3O3S/c1-18-13-14-21(15-19(18)2)20(3)27-25(29)17-26-22-9-8-12-24(16-22)32(30,31)28(4)23-10-6-5-7-11-23/h5-16,20,26H,17H2,1-4H3,(H,27,29). The van der Waals surface area contributed by atoms with Crippen molar-refractivity contribution in [1.82, 2.24) is 5.32 Å². The minimum absolute atomic E-state index is 0.0349. The fourth-order valence-electron chi connectivity index (χ4n) is 3.29. The fraction of sp³-hybridized carbons (Fsp3) is 0.240. The number of aryl methyl sites for hydroxylation is 2. The summed E-state index contributed by atoms with van der Waals surface area (Å²) in [4.78, 5) is 12.6. The molecule has 0 fully saturated rings. The number of hydrogen-bond donors (Lipinski definition) is 2. The summed E-state index contributed by atoms with van der Waals surface area (Å²) in [5.41, 5.74) is 4.56. The Bertz CT molecular complexity index is 1190. The van der Waals surface area contributed by atoms with Gasteiger partial charge in [0.1, 0.15) is 0 Å². The van der Waals surface area contributed by atoms with Crippen molar-refractivity contribution in [3.63, 3.8) is 0 Å². The third kappa shape index (κ3) is 5.48. The summed E-state index contributed by atoms with van der Waals surface area (Å²) in [5, 5.41) is 5.99. The second kappa shape index (κ2) is 9.87. The van der Waals surface area contributed by atoms with Gasteiger partial charge < -0.3 is 10.6 Å². The second-order valence-corrected chi connectivity index (χ2v) is 9.79. The van der Waals surface area contributed by atoms with Crippen molar-refractivity contribution < 1.29 is 13.2 Å². The van der Waals surface area contributed by atoms with E-state index in [1.54, 1.807) is 42.5 Å². The molecule has 2 N–H and O–H groups in total. The van der Waals surface area contributed by atoms with Crippen LogP contribution in [0.1, 0.15) is 29.7 Å². The topological polar surface area (TPSA) is 78.5 Å². The summed E-state index contributed by atoms with van der Waals surface area (Å²) >= 11 is 0. The Hall–Kier alpha value is -3.32. The van der Waals surface area contributed by atoms with Gasteiger partial charge in [-0.3, -0.25) is 9.10 Å². The molecule has 0 aliphatic carbocycles. The van der Waals surface area contributed by atoms with Crippen molar-refractivity contribution in [2.75, 3.05) is 23.2 Å². The molecule has 3 rings (SSSR count). The Balaban J connectivity index is 1.64. The number of para-hydroxylation sites is 1. The first-order valence-corrected chi connectivity index (χ1v) is 11.9. The van der Waals surface area contributed by atoms with Crippen LogP contribution < -0.4 is 14.9 Å². The minimum Gasteiger partial charge on any atom is -0.376 e. The molecule has 1 unspecified atom stereocenters. The zero-order valence-corrected chi connectivity index (χ0v) is 19.6. The lowest BCUT2D eigenvalue weighted by atomic mass is 10.0. The number of carbonyl (C=O) groups excluding carboxylic acids is 1. The van der Waals surface area contributed by atoms with E-state index >= 15 is 0 Å². The van der Waals surface area contributed by atoms with Crippen LogP contribution in [-0.4, -0.2) is 27.9 Å². The van der Waals surface area contributed by atoms with E-state index in [0.717, 1.165) is 5.56 Å². The lowest BCUT2D eigenvalue weighted by Crippen LogP contribution is -2.32. The van der Waals surface area contributed by atoms with Crippen LogP contribution in [0.5, 0.6) is 0 Å². The highest BCUT2D eigenvalue weighted by molar-refractivity contribution is 7.92. The number of carbonyl (C=O) groups is 1. The molecule has 0 saturated heterocycles. The Morgan fingerprint density at radius 1 is 0.938 bits per heavy atom. The van der Waals surface area contributed by atoms with E-state index in [0.29, 0.717) is 11.4 Å². The van der Waals surface area contributed by atoms with E-state index in [1.165, 1.54) is 28.5 Å². The van der Waals surface area contributed by atoms with Crippen LogP contribution in [0, 0.1) is 13.8 Å². The second-order valence-electron chi connectivity index (χ2n) is 7.82. The number of nitrogens with one attached hydrogen (secondary N) is 2. The summed E-state index contributed by atoms with van der Waals surface area (Å²) < 4.78 is 27.2. The molecule has 1 atom stereocenters.